The Morgan fingerprint density at radius 3 is 2.09 bits per heavy atom. The second-order valence-electron chi connectivity index (χ2n) is 5.13. The lowest BCUT2D eigenvalue weighted by atomic mass is 10.2. The maximum absolute atomic E-state index is 5.34. The molecule has 0 unspecified atom stereocenters. The highest BCUT2D eigenvalue weighted by Crippen LogP contribution is 2.40. The summed E-state index contributed by atoms with van der Waals surface area (Å²) in [5, 5.41) is 3.16. The predicted octanol–water partition coefficient (Wildman–Crippen LogP) is 2.62. The van der Waals surface area contributed by atoms with Crippen molar-refractivity contribution in [2.75, 3.05) is 45.6 Å². The van der Waals surface area contributed by atoms with Crippen molar-refractivity contribution in [1.29, 1.82) is 0 Å². The number of benzene rings is 1. The van der Waals surface area contributed by atoms with Gasteiger partial charge in [-0.1, -0.05) is 0 Å². The number of nitrogens with one attached hydrogen (secondary N) is 1. The van der Waals surface area contributed by atoms with Crippen molar-refractivity contribution in [2.24, 2.45) is 0 Å². The normalized spacial score (nSPS) is 10.2. The largest absolute Gasteiger partial charge is 0.493 e. The Balaban J connectivity index is 2.38. The molecule has 0 amide bonds. The number of ether oxygens (including phenoxy) is 3. The van der Waals surface area contributed by atoms with Crippen LogP contribution in [0.25, 0.3) is 0 Å². The van der Waals surface area contributed by atoms with Crippen LogP contribution in [0, 0.1) is 6.92 Å². The molecular formula is C16H22N4O3. The molecule has 0 saturated heterocycles. The van der Waals surface area contributed by atoms with Gasteiger partial charge in [-0.3, -0.25) is 0 Å². The van der Waals surface area contributed by atoms with Crippen molar-refractivity contribution in [2.45, 2.75) is 6.92 Å². The molecule has 1 heterocycles. The second kappa shape index (κ2) is 7.04. The molecule has 1 aromatic heterocycles. The molecule has 0 atom stereocenters. The smallest absolute Gasteiger partial charge is 0.229 e. The molecule has 2 rings (SSSR count). The Morgan fingerprint density at radius 1 is 1.00 bits per heavy atom. The molecule has 0 spiro atoms. The molecule has 0 radical (unpaired) electrons. The van der Waals surface area contributed by atoms with Crippen LogP contribution < -0.4 is 24.4 Å². The Hall–Kier alpha value is -2.70. The molecule has 0 aliphatic heterocycles. The molecule has 0 fully saturated rings. The minimum Gasteiger partial charge on any atom is -0.493 e. The summed E-state index contributed by atoms with van der Waals surface area (Å²) in [5.41, 5.74) is 1.75. The monoisotopic (exact) mass is 318 g/mol. The van der Waals surface area contributed by atoms with Crippen molar-refractivity contribution < 1.29 is 14.2 Å². The average Bonchev–Trinajstić information content (AvgIpc) is 2.55. The summed E-state index contributed by atoms with van der Waals surface area (Å²) < 4.78 is 16.0. The van der Waals surface area contributed by atoms with Gasteiger partial charge in [0.2, 0.25) is 11.7 Å². The molecule has 7 heteroatoms. The van der Waals surface area contributed by atoms with Crippen LogP contribution in [0.15, 0.2) is 18.3 Å². The molecule has 7 nitrogen and oxygen atoms in total. The van der Waals surface area contributed by atoms with Crippen molar-refractivity contribution in [1.82, 2.24) is 9.97 Å². The van der Waals surface area contributed by atoms with Crippen LogP contribution in [-0.4, -0.2) is 45.4 Å². The van der Waals surface area contributed by atoms with E-state index in [9.17, 15) is 0 Å². The second-order valence-corrected chi connectivity index (χ2v) is 5.13. The van der Waals surface area contributed by atoms with Gasteiger partial charge in [-0.05, 0) is 6.92 Å². The first-order valence-corrected chi connectivity index (χ1v) is 7.08. The summed E-state index contributed by atoms with van der Waals surface area (Å²) in [6, 6.07) is 3.61. The molecule has 1 aromatic carbocycles. The van der Waals surface area contributed by atoms with Crippen LogP contribution in [0.4, 0.5) is 17.5 Å². The predicted molar refractivity (Wildman–Crippen MR) is 90.5 cm³/mol. The third-order valence-corrected chi connectivity index (χ3v) is 3.29. The standard InChI is InChI=1S/C16H22N4O3/c1-10-9-17-16(19-15(10)20(2)3)18-11-7-12(21-4)14(23-6)13(8-11)22-5/h7-9H,1-6H3,(H,17,18,19). The lowest BCUT2D eigenvalue weighted by Crippen LogP contribution is -2.13. The number of hydrogen-bond acceptors (Lipinski definition) is 7. The van der Waals surface area contributed by atoms with Crippen LogP contribution >= 0.6 is 0 Å². The topological polar surface area (TPSA) is 68.7 Å². The van der Waals surface area contributed by atoms with Gasteiger partial charge in [0.05, 0.1) is 21.3 Å². The third kappa shape index (κ3) is 3.56. The first-order valence-electron chi connectivity index (χ1n) is 7.08. The zero-order valence-corrected chi connectivity index (χ0v) is 14.3. The van der Waals surface area contributed by atoms with Gasteiger partial charge in [-0.25, -0.2) is 4.98 Å². The zero-order valence-electron chi connectivity index (χ0n) is 14.3. The number of methoxy groups -OCH3 is 3. The molecule has 2 aromatic rings. The van der Waals surface area contributed by atoms with Gasteiger partial charge in [0, 0.05) is 43.7 Å². The van der Waals surface area contributed by atoms with E-state index < -0.39 is 0 Å². The molecular weight excluding hydrogens is 296 g/mol. The van der Waals surface area contributed by atoms with Gasteiger partial charge in [0.25, 0.3) is 0 Å². The van der Waals surface area contributed by atoms with E-state index in [4.69, 9.17) is 14.2 Å². The minimum absolute atomic E-state index is 0.494. The van der Waals surface area contributed by atoms with Crippen LogP contribution in [0.1, 0.15) is 5.56 Å². The Morgan fingerprint density at radius 2 is 1.61 bits per heavy atom. The van der Waals surface area contributed by atoms with E-state index in [1.165, 1.54) is 0 Å². The van der Waals surface area contributed by atoms with E-state index in [-0.39, 0.29) is 0 Å². The maximum Gasteiger partial charge on any atom is 0.229 e. The molecule has 0 bridgehead atoms. The summed E-state index contributed by atoms with van der Waals surface area (Å²) in [7, 11) is 8.61. The highest BCUT2D eigenvalue weighted by Gasteiger charge is 2.14. The Labute approximate surface area is 136 Å². The molecule has 1 N–H and O–H groups in total. The zero-order chi connectivity index (χ0) is 17.0. The molecule has 23 heavy (non-hydrogen) atoms. The number of aryl methyl sites for hydroxylation is 1. The van der Waals surface area contributed by atoms with Crippen molar-refractivity contribution in [3.8, 4) is 17.2 Å². The van der Waals surface area contributed by atoms with Gasteiger partial charge in [-0.15, -0.1) is 0 Å². The summed E-state index contributed by atoms with van der Waals surface area (Å²) in [6.07, 6.45) is 1.78. The summed E-state index contributed by atoms with van der Waals surface area (Å²) >= 11 is 0. The van der Waals surface area contributed by atoms with E-state index in [2.05, 4.69) is 15.3 Å². The van der Waals surface area contributed by atoms with E-state index in [1.54, 1.807) is 39.7 Å². The quantitative estimate of drug-likeness (QED) is 0.878. The lowest BCUT2D eigenvalue weighted by Gasteiger charge is -2.17. The van der Waals surface area contributed by atoms with Crippen molar-refractivity contribution in [3.63, 3.8) is 0 Å². The van der Waals surface area contributed by atoms with E-state index in [0.29, 0.717) is 23.2 Å². The average molecular weight is 318 g/mol. The fourth-order valence-corrected chi connectivity index (χ4v) is 2.23. The highest BCUT2D eigenvalue weighted by atomic mass is 16.5. The first kappa shape index (κ1) is 16.7. The molecule has 124 valence electrons. The molecule has 0 saturated carbocycles. The van der Waals surface area contributed by atoms with Crippen LogP contribution in [0.3, 0.4) is 0 Å². The number of aromatic nitrogens is 2. The highest BCUT2D eigenvalue weighted by molar-refractivity contribution is 5.66. The van der Waals surface area contributed by atoms with E-state index in [1.807, 2.05) is 25.9 Å². The lowest BCUT2D eigenvalue weighted by molar-refractivity contribution is 0.324. The minimum atomic E-state index is 0.494. The molecule has 0 aliphatic rings. The van der Waals surface area contributed by atoms with Crippen LogP contribution in [-0.2, 0) is 0 Å². The first-order chi connectivity index (χ1) is 11.0. The van der Waals surface area contributed by atoms with Crippen LogP contribution in [0.2, 0.25) is 0 Å². The van der Waals surface area contributed by atoms with Gasteiger partial charge in [-0.2, -0.15) is 4.98 Å². The Kier molecular flexibility index (Phi) is 5.10. The number of nitrogens with zero attached hydrogens (tertiary/aromatic N) is 3. The SMILES string of the molecule is COc1cc(Nc2ncc(C)c(N(C)C)n2)cc(OC)c1OC. The van der Waals surface area contributed by atoms with Gasteiger partial charge in [0.1, 0.15) is 5.82 Å². The summed E-state index contributed by atoms with van der Waals surface area (Å²) in [4.78, 5) is 10.8. The third-order valence-electron chi connectivity index (χ3n) is 3.29. The van der Waals surface area contributed by atoms with Crippen molar-refractivity contribution in [3.05, 3.63) is 23.9 Å². The fraction of sp³-hybridized carbons (Fsp3) is 0.375. The number of hydrogen-bond donors (Lipinski definition) is 1. The number of rotatable bonds is 6. The van der Waals surface area contributed by atoms with Gasteiger partial charge in [0.15, 0.2) is 11.5 Å². The fourth-order valence-electron chi connectivity index (χ4n) is 2.23. The van der Waals surface area contributed by atoms with E-state index >= 15 is 0 Å². The molecule has 0 aliphatic carbocycles. The number of anilines is 3. The van der Waals surface area contributed by atoms with Crippen molar-refractivity contribution >= 4 is 17.5 Å². The summed E-state index contributed by atoms with van der Waals surface area (Å²) in [6.45, 7) is 1.97. The Bertz CT molecular complexity index is 664. The van der Waals surface area contributed by atoms with Crippen LogP contribution in [0.5, 0.6) is 17.2 Å². The van der Waals surface area contributed by atoms with Gasteiger partial charge >= 0.3 is 0 Å². The van der Waals surface area contributed by atoms with E-state index in [0.717, 1.165) is 17.1 Å². The van der Waals surface area contributed by atoms with Gasteiger partial charge < -0.3 is 24.4 Å². The summed E-state index contributed by atoms with van der Waals surface area (Å²) in [5.74, 6) is 3.02. The maximum atomic E-state index is 5.34.